The molecule has 2 aromatic rings. The molecule has 7 heteroatoms. The summed E-state index contributed by atoms with van der Waals surface area (Å²) >= 11 is 0. The summed E-state index contributed by atoms with van der Waals surface area (Å²) in [4.78, 5) is 10.1. The lowest BCUT2D eigenvalue weighted by Crippen LogP contribution is -2.26. The monoisotopic (exact) mass is 348 g/mol. The third kappa shape index (κ3) is 4.18. The van der Waals surface area contributed by atoms with Gasteiger partial charge < -0.3 is 0 Å². The van der Waals surface area contributed by atoms with Gasteiger partial charge in [-0.15, -0.1) is 0 Å². The molecule has 0 bridgehead atoms. The Hall–Kier alpha value is -2.25. The van der Waals surface area contributed by atoms with Crippen molar-refractivity contribution in [1.82, 2.24) is 4.72 Å². The summed E-state index contributed by atoms with van der Waals surface area (Å²) in [6.45, 7) is 5.94. The number of rotatable bonds is 6. The molecule has 0 fully saturated rings. The van der Waals surface area contributed by atoms with E-state index in [-0.39, 0.29) is 10.6 Å². The smallest absolute Gasteiger partial charge is 0.258 e. The molecule has 0 amide bonds. The molecule has 0 aliphatic rings. The summed E-state index contributed by atoms with van der Waals surface area (Å²) in [7, 11) is -3.75. The third-order valence-electron chi connectivity index (χ3n) is 3.79. The molecule has 2 rings (SSSR count). The van der Waals surface area contributed by atoms with Crippen LogP contribution in [0.3, 0.4) is 0 Å². The van der Waals surface area contributed by atoms with Gasteiger partial charge in [-0.1, -0.05) is 38.1 Å². The minimum Gasteiger partial charge on any atom is -0.258 e. The number of nitro benzene ring substituents is 1. The quantitative estimate of drug-likeness (QED) is 0.636. The van der Waals surface area contributed by atoms with Crippen LogP contribution in [0.25, 0.3) is 0 Å². The molecule has 0 aliphatic heterocycles. The average Bonchev–Trinajstić information content (AvgIpc) is 2.54. The Kier molecular flexibility index (Phi) is 5.36. The van der Waals surface area contributed by atoms with Crippen LogP contribution in [0, 0.1) is 10.1 Å². The molecular formula is C17H20N2O4S. The van der Waals surface area contributed by atoms with Crippen molar-refractivity contribution in [3.05, 3.63) is 69.8 Å². The average molecular weight is 348 g/mol. The van der Waals surface area contributed by atoms with Gasteiger partial charge in [-0.2, -0.15) is 0 Å². The first-order valence-corrected chi connectivity index (χ1v) is 9.05. The highest BCUT2D eigenvalue weighted by molar-refractivity contribution is 7.89. The molecule has 1 unspecified atom stereocenters. The van der Waals surface area contributed by atoms with Crippen LogP contribution in [0.4, 0.5) is 5.69 Å². The van der Waals surface area contributed by atoms with Gasteiger partial charge >= 0.3 is 0 Å². The number of hydrogen-bond acceptors (Lipinski definition) is 4. The second kappa shape index (κ2) is 7.11. The Labute approximate surface area is 141 Å². The van der Waals surface area contributed by atoms with Crippen molar-refractivity contribution in [2.75, 3.05) is 0 Å². The van der Waals surface area contributed by atoms with Gasteiger partial charge in [-0.3, -0.25) is 10.1 Å². The molecule has 0 saturated heterocycles. The van der Waals surface area contributed by atoms with E-state index >= 15 is 0 Å². The summed E-state index contributed by atoms with van der Waals surface area (Å²) in [5, 5.41) is 10.6. The summed E-state index contributed by atoms with van der Waals surface area (Å²) < 4.78 is 27.4. The van der Waals surface area contributed by atoms with E-state index in [1.165, 1.54) is 29.8 Å². The SMILES string of the molecule is CC(C)c1ccc(C(C)NS(=O)(=O)c2ccc([N+](=O)[O-])cc2)cc1. The second-order valence-corrected chi connectivity index (χ2v) is 7.63. The first kappa shape index (κ1) is 18.1. The number of sulfonamides is 1. The van der Waals surface area contributed by atoms with Gasteiger partial charge in [0.15, 0.2) is 0 Å². The van der Waals surface area contributed by atoms with Gasteiger partial charge in [-0.05, 0) is 36.1 Å². The van der Waals surface area contributed by atoms with E-state index in [0.717, 1.165) is 5.56 Å². The molecule has 0 aromatic heterocycles. The van der Waals surface area contributed by atoms with Gasteiger partial charge in [0.2, 0.25) is 10.0 Å². The van der Waals surface area contributed by atoms with Crippen LogP contribution < -0.4 is 4.72 Å². The summed E-state index contributed by atoms with van der Waals surface area (Å²) in [5.74, 6) is 0.408. The summed E-state index contributed by atoms with van der Waals surface area (Å²) in [6.07, 6.45) is 0. The van der Waals surface area contributed by atoms with E-state index in [1.807, 2.05) is 24.3 Å². The highest BCUT2D eigenvalue weighted by Gasteiger charge is 2.19. The van der Waals surface area contributed by atoms with Crippen molar-refractivity contribution < 1.29 is 13.3 Å². The van der Waals surface area contributed by atoms with E-state index in [9.17, 15) is 18.5 Å². The number of nitro groups is 1. The maximum absolute atomic E-state index is 12.4. The Morgan fingerprint density at radius 2 is 1.42 bits per heavy atom. The summed E-state index contributed by atoms with van der Waals surface area (Å²) in [5.41, 5.74) is 1.89. The van der Waals surface area contributed by atoms with Gasteiger partial charge in [0.25, 0.3) is 5.69 Å². The number of benzene rings is 2. The Morgan fingerprint density at radius 3 is 1.88 bits per heavy atom. The zero-order chi connectivity index (χ0) is 17.9. The van der Waals surface area contributed by atoms with Crippen molar-refractivity contribution in [3.63, 3.8) is 0 Å². The fourth-order valence-electron chi connectivity index (χ4n) is 2.29. The molecule has 0 spiro atoms. The van der Waals surface area contributed by atoms with Gasteiger partial charge in [-0.25, -0.2) is 13.1 Å². The minimum atomic E-state index is -3.75. The maximum Gasteiger partial charge on any atom is 0.269 e. The highest BCUT2D eigenvalue weighted by atomic mass is 32.2. The predicted octanol–water partition coefficient (Wildman–Crippen LogP) is 3.76. The van der Waals surface area contributed by atoms with Crippen LogP contribution in [0.5, 0.6) is 0 Å². The normalized spacial score (nSPS) is 13.0. The number of hydrogen-bond donors (Lipinski definition) is 1. The lowest BCUT2D eigenvalue weighted by Gasteiger charge is -2.16. The van der Waals surface area contributed by atoms with E-state index in [2.05, 4.69) is 18.6 Å². The Balaban J connectivity index is 2.17. The van der Waals surface area contributed by atoms with E-state index in [0.29, 0.717) is 5.92 Å². The van der Waals surface area contributed by atoms with Crippen molar-refractivity contribution in [1.29, 1.82) is 0 Å². The van der Waals surface area contributed by atoms with Crippen LogP contribution >= 0.6 is 0 Å². The van der Waals surface area contributed by atoms with Crippen LogP contribution in [-0.2, 0) is 10.0 Å². The van der Waals surface area contributed by atoms with E-state index in [4.69, 9.17) is 0 Å². The first-order valence-electron chi connectivity index (χ1n) is 7.57. The van der Waals surface area contributed by atoms with Crippen LogP contribution in [0.2, 0.25) is 0 Å². The molecule has 128 valence electrons. The molecule has 0 radical (unpaired) electrons. The third-order valence-corrected chi connectivity index (χ3v) is 5.35. The number of nitrogens with zero attached hydrogens (tertiary/aromatic N) is 1. The van der Waals surface area contributed by atoms with Crippen molar-refractivity contribution >= 4 is 15.7 Å². The Morgan fingerprint density at radius 1 is 0.917 bits per heavy atom. The fraction of sp³-hybridized carbons (Fsp3) is 0.294. The van der Waals surface area contributed by atoms with Crippen molar-refractivity contribution in [2.45, 2.75) is 37.6 Å². The van der Waals surface area contributed by atoms with Crippen molar-refractivity contribution in [3.8, 4) is 0 Å². The highest BCUT2D eigenvalue weighted by Crippen LogP contribution is 2.21. The van der Waals surface area contributed by atoms with Gasteiger partial charge in [0.1, 0.15) is 0 Å². The second-order valence-electron chi connectivity index (χ2n) is 5.92. The molecular weight excluding hydrogens is 328 g/mol. The molecule has 0 aliphatic carbocycles. The Bertz CT molecular complexity index is 813. The van der Waals surface area contributed by atoms with E-state index in [1.54, 1.807) is 6.92 Å². The predicted molar refractivity (Wildman–Crippen MR) is 92.4 cm³/mol. The van der Waals surface area contributed by atoms with E-state index < -0.39 is 21.0 Å². The van der Waals surface area contributed by atoms with Crippen molar-refractivity contribution in [2.24, 2.45) is 0 Å². The van der Waals surface area contributed by atoms with Crippen LogP contribution in [-0.4, -0.2) is 13.3 Å². The molecule has 1 atom stereocenters. The topological polar surface area (TPSA) is 89.3 Å². The molecule has 1 N–H and O–H groups in total. The minimum absolute atomic E-state index is 0.00116. The van der Waals surface area contributed by atoms with Gasteiger partial charge in [0, 0.05) is 18.2 Å². The lowest BCUT2D eigenvalue weighted by atomic mass is 10.00. The molecule has 24 heavy (non-hydrogen) atoms. The number of non-ortho nitro benzene ring substituents is 1. The standard InChI is InChI=1S/C17H20N2O4S/c1-12(2)14-4-6-15(7-5-14)13(3)18-24(22,23)17-10-8-16(9-11-17)19(20)21/h4-13,18H,1-3H3. The molecule has 0 heterocycles. The van der Waals surface area contributed by atoms with Crippen LogP contribution in [0.1, 0.15) is 43.9 Å². The molecule has 2 aromatic carbocycles. The molecule has 0 saturated carbocycles. The first-order chi connectivity index (χ1) is 11.2. The van der Waals surface area contributed by atoms with Crippen LogP contribution in [0.15, 0.2) is 53.4 Å². The maximum atomic E-state index is 12.4. The largest absolute Gasteiger partial charge is 0.269 e. The fourth-order valence-corrected chi connectivity index (χ4v) is 3.52. The lowest BCUT2D eigenvalue weighted by molar-refractivity contribution is -0.384. The zero-order valence-electron chi connectivity index (χ0n) is 13.8. The van der Waals surface area contributed by atoms with Gasteiger partial charge in [0.05, 0.1) is 9.82 Å². The number of nitrogens with one attached hydrogen (secondary N) is 1. The zero-order valence-corrected chi connectivity index (χ0v) is 14.6. The summed E-state index contributed by atoms with van der Waals surface area (Å²) in [6, 6.07) is 12.2. The molecule has 6 nitrogen and oxygen atoms in total.